The first-order valence-corrected chi connectivity index (χ1v) is 5.58. The topological polar surface area (TPSA) is 29.1 Å². The van der Waals surface area contributed by atoms with Gasteiger partial charge in [0, 0.05) is 24.2 Å². The normalized spacial score (nSPS) is 26.1. The van der Waals surface area contributed by atoms with Crippen LogP contribution in [0.1, 0.15) is 38.5 Å². The molecule has 0 amide bonds. The van der Waals surface area contributed by atoms with Gasteiger partial charge in [0.2, 0.25) is 0 Å². The zero-order chi connectivity index (χ0) is 9.54. The summed E-state index contributed by atoms with van der Waals surface area (Å²) in [6.45, 7) is 0.842. The summed E-state index contributed by atoms with van der Waals surface area (Å²) in [6.07, 6.45) is 6.67. The van der Waals surface area contributed by atoms with Crippen molar-refractivity contribution < 1.29 is 4.79 Å². The zero-order valence-corrected chi connectivity index (χ0v) is 8.36. The van der Waals surface area contributed by atoms with E-state index in [1.54, 1.807) is 5.57 Å². The Kier molecular flexibility index (Phi) is 1.76. The van der Waals surface area contributed by atoms with E-state index in [0.29, 0.717) is 12.2 Å². The van der Waals surface area contributed by atoms with Gasteiger partial charge in [0.1, 0.15) is 0 Å². The lowest BCUT2D eigenvalue weighted by molar-refractivity contribution is -0.115. The molecule has 0 aromatic heterocycles. The van der Waals surface area contributed by atoms with E-state index in [1.165, 1.54) is 37.0 Å². The van der Waals surface area contributed by atoms with Gasteiger partial charge in [0.05, 0.1) is 0 Å². The van der Waals surface area contributed by atoms with Gasteiger partial charge in [0.25, 0.3) is 0 Å². The average molecular weight is 189 g/mol. The van der Waals surface area contributed by atoms with Gasteiger partial charge in [-0.2, -0.15) is 0 Å². The van der Waals surface area contributed by atoms with E-state index < -0.39 is 0 Å². The fourth-order valence-corrected chi connectivity index (χ4v) is 2.85. The molecule has 2 nitrogen and oxygen atoms in total. The van der Waals surface area contributed by atoms with Crippen LogP contribution in [-0.4, -0.2) is 12.3 Å². The molecule has 3 rings (SSSR count). The summed E-state index contributed by atoms with van der Waals surface area (Å²) in [5.41, 5.74) is 5.34. The molecular formula is C12H15NO. The van der Waals surface area contributed by atoms with Crippen LogP contribution < -0.4 is 5.32 Å². The van der Waals surface area contributed by atoms with Crippen LogP contribution in [0, 0.1) is 0 Å². The van der Waals surface area contributed by atoms with E-state index in [2.05, 4.69) is 5.32 Å². The molecule has 2 aliphatic carbocycles. The van der Waals surface area contributed by atoms with Crippen molar-refractivity contribution in [3.8, 4) is 0 Å². The molecule has 0 atom stereocenters. The molecule has 1 N–H and O–H groups in total. The van der Waals surface area contributed by atoms with Crippen LogP contribution in [0.2, 0.25) is 0 Å². The van der Waals surface area contributed by atoms with Crippen molar-refractivity contribution in [3.05, 3.63) is 22.4 Å². The van der Waals surface area contributed by atoms with Crippen LogP contribution in [0.15, 0.2) is 22.4 Å². The van der Waals surface area contributed by atoms with Gasteiger partial charge in [-0.15, -0.1) is 0 Å². The van der Waals surface area contributed by atoms with E-state index in [4.69, 9.17) is 0 Å². The highest BCUT2D eigenvalue weighted by Crippen LogP contribution is 2.41. The van der Waals surface area contributed by atoms with Gasteiger partial charge >= 0.3 is 0 Å². The number of Topliss-reactive ketones (excluding diaryl/α,β-unsaturated/α-hetero) is 1. The van der Waals surface area contributed by atoms with Crippen LogP contribution in [0.4, 0.5) is 0 Å². The number of ketones is 1. The van der Waals surface area contributed by atoms with Gasteiger partial charge in [-0.3, -0.25) is 4.79 Å². The Balaban J connectivity index is 2.00. The third kappa shape index (κ3) is 1.06. The van der Waals surface area contributed by atoms with E-state index in [-0.39, 0.29) is 0 Å². The average Bonchev–Trinajstić information content (AvgIpc) is 2.59. The van der Waals surface area contributed by atoms with Gasteiger partial charge < -0.3 is 5.32 Å². The standard InChI is InChI=1S/C12H15NO/c14-11-5-6-13-12-9-4-2-1-3-8(9)7-10(11)12/h13H,1-7H2. The fraction of sp³-hybridized carbons (Fsp3) is 0.583. The monoisotopic (exact) mass is 189 g/mol. The molecular weight excluding hydrogens is 174 g/mol. The summed E-state index contributed by atoms with van der Waals surface area (Å²) in [6, 6.07) is 0. The van der Waals surface area contributed by atoms with Gasteiger partial charge in [-0.05, 0) is 37.7 Å². The minimum absolute atomic E-state index is 0.383. The smallest absolute Gasteiger partial charge is 0.163 e. The summed E-state index contributed by atoms with van der Waals surface area (Å²) in [5, 5.41) is 3.41. The first-order valence-electron chi connectivity index (χ1n) is 5.58. The molecule has 14 heavy (non-hydrogen) atoms. The Bertz CT molecular complexity index is 363. The Morgan fingerprint density at radius 2 is 1.86 bits per heavy atom. The Morgan fingerprint density at radius 1 is 1.00 bits per heavy atom. The van der Waals surface area contributed by atoms with Crippen LogP contribution in [0.3, 0.4) is 0 Å². The number of hydrogen-bond acceptors (Lipinski definition) is 2. The maximum Gasteiger partial charge on any atom is 0.163 e. The minimum Gasteiger partial charge on any atom is -0.384 e. The molecule has 74 valence electrons. The first-order chi connectivity index (χ1) is 6.86. The molecule has 1 aliphatic heterocycles. The second-order valence-electron chi connectivity index (χ2n) is 4.42. The van der Waals surface area contributed by atoms with E-state index in [9.17, 15) is 4.79 Å². The van der Waals surface area contributed by atoms with Crippen LogP contribution in [-0.2, 0) is 4.79 Å². The molecule has 0 bridgehead atoms. The highest BCUT2D eigenvalue weighted by Gasteiger charge is 2.31. The maximum atomic E-state index is 11.7. The Labute approximate surface area is 84.1 Å². The van der Waals surface area contributed by atoms with Crippen molar-refractivity contribution in [2.45, 2.75) is 38.5 Å². The molecule has 3 aliphatic rings. The van der Waals surface area contributed by atoms with E-state index >= 15 is 0 Å². The number of rotatable bonds is 0. The van der Waals surface area contributed by atoms with Crippen molar-refractivity contribution >= 4 is 5.78 Å². The molecule has 0 unspecified atom stereocenters. The zero-order valence-electron chi connectivity index (χ0n) is 8.36. The third-order valence-corrected chi connectivity index (χ3v) is 3.57. The SMILES string of the molecule is O=C1CCNC2=C1CC1=C2CCCC1. The highest BCUT2D eigenvalue weighted by atomic mass is 16.1. The van der Waals surface area contributed by atoms with Crippen molar-refractivity contribution in [1.29, 1.82) is 0 Å². The Hall–Kier alpha value is -1.05. The van der Waals surface area contributed by atoms with Crippen LogP contribution in [0.25, 0.3) is 0 Å². The molecule has 1 heterocycles. The molecule has 0 aromatic rings. The molecule has 0 saturated carbocycles. The number of nitrogens with one attached hydrogen (secondary N) is 1. The van der Waals surface area contributed by atoms with Crippen molar-refractivity contribution in [3.63, 3.8) is 0 Å². The van der Waals surface area contributed by atoms with Crippen molar-refractivity contribution in [1.82, 2.24) is 5.32 Å². The maximum absolute atomic E-state index is 11.7. The Morgan fingerprint density at radius 3 is 2.79 bits per heavy atom. The summed E-state index contributed by atoms with van der Waals surface area (Å²) in [4.78, 5) is 11.7. The second kappa shape index (κ2) is 2.97. The van der Waals surface area contributed by atoms with Gasteiger partial charge in [-0.1, -0.05) is 5.57 Å². The lowest BCUT2D eigenvalue weighted by Crippen LogP contribution is -2.26. The van der Waals surface area contributed by atoms with Crippen molar-refractivity contribution in [2.24, 2.45) is 0 Å². The summed E-state index contributed by atoms with van der Waals surface area (Å²) >= 11 is 0. The highest BCUT2D eigenvalue weighted by molar-refractivity contribution is 5.99. The van der Waals surface area contributed by atoms with Gasteiger partial charge in [-0.25, -0.2) is 0 Å². The third-order valence-electron chi connectivity index (χ3n) is 3.57. The summed E-state index contributed by atoms with van der Waals surface area (Å²) in [5.74, 6) is 0.383. The molecule has 0 saturated heterocycles. The molecule has 0 spiro atoms. The number of fused-ring (bicyclic) bond motifs is 1. The lowest BCUT2D eigenvalue weighted by atomic mass is 9.93. The van der Waals surface area contributed by atoms with E-state index in [0.717, 1.165) is 18.5 Å². The number of hydrogen-bond donors (Lipinski definition) is 1. The molecule has 0 aromatic carbocycles. The summed E-state index contributed by atoms with van der Waals surface area (Å²) in [7, 11) is 0. The molecule has 2 heteroatoms. The predicted molar refractivity (Wildman–Crippen MR) is 54.8 cm³/mol. The minimum atomic E-state index is 0.383. The van der Waals surface area contributed by atoms with Gasteiger partial charge in [0.15, 0.2) is 5.78 Å². The molecule has 0 fully saturated rings. The fourth-order valence-electron chi connectivity index (χ4n) is 2.85. The van der Waals surface area contributed by atoms with Crippen LogP contribution >= 0.6 is 0 Å². The van der Waals surface area contributed by atoms with Crippen LogP contribution in [0.5, 0.6) is 0 Å². The largest absolute Gasteiger partial charge is 0.384 e. The van der Waals surface area contributed by atoms with E-state index in [1.807, 2.05) is 0 Å². The second-order valence-corrected chi connectivity index (χ2v) is 4.42. The quantitative estimate of drug-likeness (QED) is 0.632. The summed E-state index contributed by atoms with van der Waals surface area (Å²) < 4.78 is 0. The van der Waals surface area contributed by atoms with Crippen molar-refractivity contribution in [2.75, 3.05) is 6.54 Å². The number of carbonyl (C=O) groups excluding carboxylic acids is 1. The number of carbonyl (C=O) groups is 1. The first kappa shape index (κ1) is 8.27. The number of allylic oxidation sites excluding steroid dienone is 3. The lowest BCUT2D eigenvalue weighted by Gasteiger charge is -2.19. The molecule has 0 radical (unpaired) electrons. The predicted octanol–water partition coefficient (Wildman–Crippen LogP) is 2.08.